The molecule has 28 heavy (non-hydrogen) atoms. The topological polar surface area (TPSA) is 105 Å². The van der Waals surface area contributed by atoms with Crippen LogP contribution < -0.4 is 15.4 Å². The van der Waals surface area contributed by atoms with E-state index in [9.17, 15) is 14.4 Å². The zero-order chi connectivity index (χ0) is 20.5. The van der Waals surface area contributed by atoms with Gasteiger partial charge < -0.3 is 20.5 Å². The normalized spacial score (nSPS) is 10.4. The number of carbonyl (C=O) groups excluding carboxylic acids is 2. The molecule has 0 saturated carbocycles. The van der Waals surface area contributed by atoms with Gasteiger partial charge in [0, 0.05) is 13.0 Å². The molecular weight excluding hydrogens is 360 g/mol. The van der Waals surface area contributed by atoms with E-state index in [4.69, 9.17) is 9.84 Å². The Morgan fingerprint density at radius 2 is 1.75 bits per heavy atom. The molecule has 0 aliphatic carbocycles. The molecule has 0 aliphatic heterocycles. The second-order valence-corrected chi connectivity index (χ2v) is 6.49. The molecule has 0 aromatic heterocycles. The molecule has 0 saturated heterocycles. The summed E-state index contributed by atoms with van der Waals surface area (Å²) in [4.78, 5) is 35.3. The predicted molar refractivity (Wildman–Crippen MR) is 106 cm³/mol. The number of rotatable bonds is 9. The van der Waals surface area contributed by atoms with E-state index in [1.807, 2.05) is 44.2 Å². The Labute approximate surface area is 163 Å². The number of nitrogens with one attached hydrogen (secondary N) is 2. The predicted octanol–water partition coefficient (Wildman–Crippen LogP) is 2.86. The quantitative estimate of drug-likeness (QED) is 0.617. The van der Waals surface area contributed by atoms with Gasteiger partial charge in [-0.3, -0.25) is 9.59 Å². The monoisotopic (exact) mass is 384 g/mol. The van der Waals surface area contributed by atoms with Crippen molar-refractivity contribution in [2.24, 2.45) is 0 Å². The number of hydrogen-bond acceptors (Lipinski definition) is 4. The molecule has 7 nitrogen and oxygen atoms in total. The van der Waals surface area contributed by atoms with Crippen LogP contribution in [0.1, 0.15) is 36.2 Å². The summed E-state index contributed by atoms with van der Waals surface area (Å²) in [6, 6.07) is 13.6. The van der Waals surface area contributed by atoms with E-state index < -0.39 is 5.97 Å². The fourth-order valence-electron chi connectivity index (χ4n) is 2.49. The third-order valence-corrected chi connectivity index (χ3v) is 3.75. The Hall–Kier alpha value is -3.35. The molecular formula is C21H24N2O5. The first kappa shape index (κ1) is 21.0. The number of ether oxygens (including phenoxy) is 1. The van der Waals surface area contributed by atoms with Crippen molar-refractivity contribution in [1.82, 2.24) is 5.32 Å². The standard InChI is InChI=1S/C21H24N2O5/c1-14(2)28-18-9-8-16(21(26)27)13-17(18)23-19(24)10-11-22-20(25)12-15-6-4-3-5-7-15/h3-9,13-14H,10-12H2,1-2H3,(H,22,25)(H,23,24)(H,26,27). The Kier molecular flexibility index (Phi) is 7.56. The number of benzene rings is 2. The van der Waals surface area contributed by atoms with Gasteiger partial charge in [-0.2, -0.15) is 0 Å². The van der Waals surface area contributed by atoms with Crippen molar-refractivity contribution in [2.75, 3.05) is 11.9 Å². The van der Waals surface area contributed by atoms with E-state index in [0.717, 1.165) is 5.56 Å². The highest BCUT2D eigenvalue weighted by Gasteiger charge is 2.13. The largest absolute Gasteiger partial charge is 0.489 e. The average Bonchev–Trinajstić information content (AvgIpc) is 2.63. The first-order chi connectivity index (χ1) is 13.3. The van der Waals surface area contributed by atoms with Gasteiger partial charge in [-0.05, 0) is 37.6 Å². The van der Waals surface area contributed by atoms with Crippen molar-refractivity contribution in [3.05, 3.63) is 59.7 Å². The van der Waals surface area contributed by atoms with Crippen LogP contribution in [0.15, 0.2) is 48.5 Å². The number of amides is 2. The molecule has 2 aromatic carbocycles. The molecule has 3 N–H and O–H groups in total. The molecule has 0 fully saturated rings. The zero-order valence-corrected chi connectivity index (χ0v) is 15.9. The molecule has 0 radical (unpaired) electrons. The van der Waals surface area contributed by atoms with Gasteiger partial charge in [0.1, 0.15) is 5.75 Å². The van der Waals surface area contributed by atoms with E-state index in [0.29, 0.717) is 5.75 Å². The van der Waals surface area contributed by atoms with Gasteiger partial charge in [0.05, 0.1) is 23.8 Å². The molecule has 0 atom stereocenters. The van der Waals surface area contributed by atoms with Gasteiger partial charge in [0.25, 0.3) is 0 Å². The van der Waals surface area contributed by atoms with Crippen LogP contribution in [-0.2, 0) is 16.0 Å². The summed E-state index contributed by atoms with van der Waals surface area (Å²) < 4.78 is 5.61. The molecule has 2 amide bonds. The molecule has 0 aliphatic rings. The van der Waals surface area contributed by atoms with Crippen LogP contribution in [0.5, 0.6) is 5.75 Å². The Morgan fingerprint density at radius 3 is 2.39 bits per heavy atom. The van der Waals surface area contributed by atoms with E-state index in [2.05, 4.69) is 10.6 Å². The number of anilines is 1. The van der Waals surface area contributed by atoms with E-state index >= 15 is 0 Å². The van der Waals surface area contributed by atoms with Crippen molar-refractivity contribution in [1.29, 1.82) is 0 Å². The maximum absolute atomic E-state index is 12.2. The van der Waals surface area contributed by atoms with Crippen LogP contribution >= 0.6 is 0 Å². The summed E-state index contributed by atoms with van der Waals surface area (Å²) in [5.74, 6) is -1.23. The third-order valence-electron chi connectivity index (χ3n) is 3.75. The first-order valence-corrected chi connectivity index (χ1v) is 8.99. The molecule has 7 heteroatoms. The number of hydrogen-bond donors (Lipinski definition) is 3. The van der Waals surface area contributed by atoms with Gasteiger partial charge >= 0.3 is 5.97 Å². The van der Waals surface area contributed by atoms with Crippen LogP contribution in [0.3, 0.4) is 0 Å². The van der Waals surface area contributed by atoms with Crippen molar-refractivity contribution in [3.63, 3.8) is 0 Å². The number of carbonyl (C=O) groups is 3. The lowest BCUT2D eigenvalue weighted by molar-refractivity contribution is -0.120. The molecule has 148 valence electrons. The van der Waals surface area contributed by atoms with Crippen LogP contribution in [0, 0.1) is 0 Å². The van der Waals surface area contributed by atoms with Crippen LogP contribution in [0.4, 0.5) is 5.69 Å². The van der Waals surface area contributed by atoms with Crippen molar-refractivity contribution >= 4 is 23.5 Å². The summed E-state index contributed by atoms with van der Waals surface area (Å²) in [6.45, 7) is 3.84. The third kappa shape index (κ3) is 6.75. The molecule has 2 aromatic rings. The zero-order valence-electron chi connectivity index (χ0n) is 15.9. The lowest BCUT2D eigenvalue weighted by Crippen LogP contribution is -2.29. The summed E-state index contributed by atoms with van der Waals surface area (Å²) in [7, 11) is 0. The smallest absolute Gasteiger partial charge is 0.335 e. The highest BCUT2D eigenvalue weighted by molar-refractivity contribution is 5.95. The fraction of sp³-hybridized carbons (Fsp3) is 0.286. The lowest BCUT2D eigenvalue weighted by atomic mass is 10.1. The van der Waals surface area contributed by atoms with Crippen molar-refractivity contribution in [2.45, 2.75) is 32.8 Å². The summed E-state index contributed by atoms with van der Waals surface area (Å²) >= 11 is 0. The minimum atomic E-state index is -1.10. The molecule has 0 bridgehead atoms. The van der Waals surface area contributed by atoms with E-state index in [1.54, 1.807) is 0 Å². The second-order valence-electron chi connectivity index (χ2n) is 6.49. The first-order valence-electron chi connectivity index (χ1n) is 8.99. The minimum absolute atomic E-state index is 0.0440. The Balaban J connectivity index is 1.90. The lowest BCUT2D eigenvalue weighted by Gasteiger charge is -2.15. The van der Waals surface area contributed by atoms with Crippen LogP contribution in [-0.4, -0.2) is 35.5 Å². The second kappa shape index (κ2) is 10.1. The summed E-state index contributed by atoms with van der Waals surface area (Å²) in [5.41, 5.74) is 1.22. The highest BCUT2D eigenvalue weighted by atomic mass is 16.5. The molecule has 2 rings (SSSR count). The maximum atomic E-state index is 12.2. The highest BCUT2D eigenvalue weighted by Crippen LogP contribution is 2.27. The van der Waals surface area contributed by atoms with Crippen LogP contribution in [0.2, 0.25) is 0 Å². The van der Waals surface area contributed by atoms with Crippen LogP contribution in [0.25, 0.3) is 0 Å². The summed E-state index contributed by atoms with van der Waals surface area (Å²) in [6.07, 6.45) is 0.164. The molecule has 0 unspecified atom stereocenters. The van der Waals surface area contributed by atoms with Gasteiger partial charge in [-0.15, -0.1) is 0 Å². The Bertz CT molecular complexity index is 834. The fourth-order valence-corrected chi connectivity index (χ4v) is 2.49. The van der Waals surface area contributed by atoms with Crippen molar-refractivity contribution < 1.29 is 24.2 Å². The average molecular weight is 384 g/mol. The number of carboxylic acids is 1. The van der Waals surface area contributed by atoms with Gasteiger partial charge in [0.2, 0.25) is 11.8 Å². The maximum Gasteiger partial charge on any atom is 0.335 e. The van der Waals surface area contributed by atoms with Gasteiger partial charge in [0.15, 0.2) is 0 Å². The minimum Gasteiger partial charge on any atom is -0.489 e. The van der Waals surface area contributed by atoms with Gasteiger partial charge in [-0.25, -0.2) is 4.79 Å². The van der Waals surface area contributed by atoms with E-state index in [1.165, 1.54) is 18.2 Å². The van der Waals surface area contributed by atoms with Crippen molar-refractivity contribution in [3.8, 4) is 5.75 Å². The molecule has 0 heterocycles. The molecule has 0 spiro atoms. The van der Waals surface area contributed by atoms with Gasteiger partial charge in [-0.1, -0.05) is 30.3 Å². The van der Waals surface area contributed by atoms with E-state index in [-0.39, 0.29) is 48.6 Å². The number of aromatic carboxylic acids is 1. The number of carboxylic acid groups (broad SMARTS) is 1. The Morgan fingerprint density at radius 1 is 1.04 bits per heavy atom. The summed E-state index contributed by atoms with van der Waals surface area (Å²) in [5, 5.41) is 14.5. The SMILES string of the molecule is CC(C)Oc1ccc(C(=O)O)cc1NC(=O)CCNC(=O)Cc1ccccc1.